The lowest BCUT2D eigenvalue weighted by Crippen LogP contribution is -2.31. The molecule has 1 saturated carbocycles. The van der Waals surface area contributed by atoms with E-state index in [9.17, 15) is 4.79 Å². The van der Waals surface area contributed by atoms with Gasteiger partial charge in [0.05, 0.1) is 23.6 Å². The average Bonchev–Trinajstić information content (AvgIpc) is 3.19. The fourth-order valence-corrected chi connectivity index (χ4v) is 3.54. The molecule has 25 heavy (non-hydrogen) atoms. The van der Waals surface area contributed by atoms with E-state index in [1.54, 1.807) is 4.68 Å². The van der Waals surface area contributed by atoms with Crippen molar-refractivity contribution < 1.29 is 9.53 Å². The number of carbonyl (C=O) groups is 1. The smallest absolute Gasteiger partial charge is 0.253 e. The second kappa shape index (κ2) is 6.59. The Kier molecular flexibility index (Phi) is 4.29. The molecule has 3 heterocycles. The van der Waals surface area contributed by atoms with Crippen molar-refractivity contribution in [2.24, 2.45) is 13.0 Å². The second-order valence-electron chi connectivity index (χ2n) is 7.14. The first kappa shape index (κ1) is 16.3. The average molecular weight is 340 g/mol. The van der Waals surface area contributed by atoms with Crippen LogP contribution in [0.2, 0.25) is 0 Å². The number of pyridine rings is 1. The zero-order chi connectivity index (χ0) is 17.4. The minimum absolute atomic E-state index is 0.00506. The zero-order valence-corrected chi connectivity index (χ0v) is 14.7. The monoisotopic (exact) mass is 340 g/mol. The van der Waals surface area contributed by atoms with Crippen LogP contribution < -0.4 is 5.32 Å². The highest BCUT2D eigenvalue weighted by Crippen LogP contribution is 2.39. The maximum Gasteiger partial charge on any atom is 0.253 e. The van der Waals surface area contributed by atoms with Gasteiger partial charge in [-0.15, -0.1) is 0 Å². The summed E-state index contributed by atoms with van der Waals surface area (Å²) in [5.74, 6) is 0.822. The van der Waals surface area contributed by atoms with E-state index in [4.69, 9.17) is 4.74 Å². The SMILES string of the molecule is Cc1nc(C2CC2)ccc1C(=O)NC[C@@H]1CCO[C@H]1c1cnn(C)c1. The largest absolute Gasteiger partial charge is 0.373 e. The summed E-state index contributed by atoms with van der Waals surface area (Å²) in [5.41, 5.74) is 3.68. The third kappa shape index (κ3) is 3.44. The number of rotatable bonds is 5. The minimum Gasteiger partial charge on any atom is -0.373 e. The van der Waals surface area contributed by atoms with E-state index in [-0.39, 0.29) is 17.9 Å². The Morgan fingerprint density at radius 3 is 2.88 bits per heavy atom. The van der Waals surface area contributed by atoms with Gasteiger partial charge in [0.1, 0.15) is 0 Å². The summed E-state index contributed by atoms with van der Waals surface area (Å²) in [6.45, 7) is 3.23. The number of carbonyl (C=O) groups excluding carboxylic acids is 1. The Hall–Kier alpha value is -2.21. The predicted molar refractivity (Wildman–Crippen MR) is 93.3 cm³/mol. The van der Waals surface area contributed by atoms with Crippen molar-refractivity contribution >= 4 is 5.91 Å². The van der Waals surface area contributed by atoms with E-state index in [0.29, 0.717) is 18.0 Å². The van der Waals surface area contributed by atoms with Gasteiger partial charge < -0.3 is 10.1 Å². The van der Waals surface area contributed by atoms with E-state index in [1.807, 2.05) is 38.5 Å². The van der Waals surface area contributed by atoms with Crippen LogP contribution in [0.1, 0.15) is 58.6 Å². The van der Waals surface area contributed by atoms with E-state index in [2.05, 4.69) is 15.4 Å². The number of hydrogen-bond acceptors (Lipinski definition) is 4. The Bertz CT molecular complexity index is 781. The molecule has 1 N–H and O–H groups in total. The van der Waals surface area contributed by atoms with Crippen LogP contribution in [0.5, 0.6) is 0 Å². The van der Waals surface area contributed by atoms with Crippen molar-refractivity contribution in [1.82, 2.24) is 20.1 Å². The molecule has 0 spiro atoms. The van der Waals surface area contributed by atoms with Crippen molar-refractivity contribution in [3.8, 4) is 0 Å². The molecule has 132 valence electrons. The van der Waals surface area contributed by atoms with Gasteiger partial charge in [-0.3, -0.25) is 14.5 Å². The fourth-order valence-electron chi connectivity index (χ4n) is 3.54. The molecule has 4 rings (SSSR count). The molecule has 0 unspecified atom stereocenters. The lowest BCUT2D eigenvalue weighted by Gasteiger charge is -2.18. The molecule has 1 amide bonds. The summed E-state index contributed by atoms with van der Waals surface area (Å²) in [6.07, 6.45) is 7.21. The molecule has 1 aliphatic carbocycles. The number of amides is 1. The van der Waals surface area contributed by atoms with Crippen LogP contribution in [-0.4, -0.2) is 33.8 Å². The van der Waals surface area contributed by atoms with Crippen LogP contribution in [0, 0.1) is 12.8 Å². The third-order valence-electron chi connectivity index (χ3n) is 5.14. The molecule has 2 fully saturated rings. The van der Waals surface area contributed by atoms with Gasteiger partial charge in [-0.05, 0) is 38.3 Å². The summed E-state index contributed by atoms with van der Waals surface area (Å²) in [7, 11) is 1.90. The molecular weight excluding hydrogens is 316 g/mol. The van der Waals surface area contributed by atoms with E-state index in [0.717, 1.165) is 30.0 Å². The number of aryl methyl sites for hydroxylation is 2. The second-order valence-corrected chi connectivity index (χ2v) is 7.14. The van der Waals surface area contributed by atoms with Crippen LogP contribution in [0.15, 0.2) is 24.5 Å². The highest BCUT2D eigenvalue weighted by atomic mass is 16.5. The quantitative estimate of drug-likeness (QED) is 0.908. The zero-order valence-electron chi connectivity index (χ0n) is 14.7. The van der Waals surface area contributed by atoms with Crippen molar-refractivity contribution in [3.05, 3.63) is 47.0 Å². The molecule has 2 aromatic heterocycles. The predicted octanol–water partition coefficient (Wildman–Crippen LogP) is 2.51. The van der Waals surface area contributed by atoms with Gasteiger partial charge >= 0.3 is 0 Å². The molecular formula is C19H24N4O2. The lowest BCUT2D eigenvalue weighted by atomic mass is 9.97. The Balaban J connectivity index is 1.39. The van der Waals surface area contributed by atoms with Crippen LogP contribution in [-0.2, 0) is 11.8 Å². The molecule has 6 heteroatoms. The highest BCUT2D eigenvalue weighted by Gasteiger charge is 2.31. The Morgan fingerprint density at radius 2 is 2.20 bits per heavy atom. The number of ether oxygens (including phenoxy) is 1. The van der Waals surface area contributed by atoms with Gasteiger partial charge in [0, 0.05) is 49.5 Å². The van der Waals surface area contributed by atoms with E-state index in [1.165, 1.54) is 12.8 Å². The molecule has 2 atom stereocenters. The normalized spacial score (nSPS) is 23.0. The van der Waals surface area contributed by atoms with Crippen LogP contribution in [0.4, 0.5) is 0 Å². The molecule has 6 nitrogen and oxygen atoms in total. The van der Waals surface area contributed by atoms with Crippen LogP contribution in [0.25, 0.3) is 0 Å². The van der Waals surface area contributed by atoms with E-state index < -0.39 is 0 Å². The van der Waals surface area contributed by atoms with Crippen molar-refractivity contribution in [1.29, 1.82) is 0 Å². The number of aromatic nitrogens is 3. The Morgan fingerprint density at radius 1 is 1.36 bits per heavy atom. The lowest BCUT2D eigenvalue weighted by molar-refractivity contribution is 0.0845. The topological polar surface area (TPSA) is 69.0 Å². The van der Waals surface area contributed by atoms with Gasteiger partial charge in [0.25, 0.3) is 5.91 Å². The highest BCUT2D eigenvalue weighted by molar-refractivity contribution is 5.95. The summed E-state index contributed by atoms with van der Waals surface area (Å²) in [6, 6.07) is 3.91. The molecule has 0 aromatic carbocycles. The van der Waals surface area contributed by atoms with Crippen molar-refractivity contribution in [2.45, 2.75) is 38.2 Å². The van der Waals surface area contributed by atoms with Gasteiger partial charge in [0.15, 0.2) is 0 Å². The third-order valence-corrected chi connectivity index (χ3v) is 5.14. The van der Waals surface area contributed by atoms with Crippen molar-refractivity contribution in [3.63, 3.8) is 0 Å². The maximum absolute atomic E-state index is 12.6. The molecule has 0 bridgehead atoms. The number of nitrogens with zero attached hydrogens (tertiary/aromatic N) is 3. The first-order valence-electron chi connectivity index (χ1n) is 8.97. The van der Waals surface area contributed by atoms with Gasteiger partial charge in [-0.1, -0.05) is 0 Å². The van der Waals surface area contributed by atoms with Crippen molar-refractivity contribution in [2.75, 3.05) is 13.2 Å². The minimum atomic E-state index is -0.0517. The summed E-state index contributed by atoms with van der Waals surface area (Å²) in [5, 5.41) is 7.29. The molecule has 1 saturated heterocycles. The van der Waals surface area contributed by atoms with Gasteiger partial charge in [0.2, 0.25) is 0 Å². The first-order valence-corrected chi connectivity index (χ1v) is 8.97. The summed E-state index contributed by atoms with van der Waals surface area (Å²) >= 11 is 0. The fraction of sp³-hybridized carbons (Fsp3) is 0.526. The Labute approximate surface area is 147 Å². The van der Waals surface area contributed by atoms with Gasteiger partial charge in [-0.2, -0.15) is 5.10 Å². The molecule has 0 radical (unpaired) electrons. The van der Waals surface area contributed by atoms with Crippen LogP contribution >= 0.6 is 0 Å². The molecule has 1 aliphatic heterocycles. The molecule has 2 aromatic rings. The van der Waals surface area contributed by atoms with Gasteiger partial charge in [-0.25, -0.2) is 0 Å². The summed E-state index contributed by atoms with van der Waals surface area (Å²) < 4.78 is 7.64. The van der Waals surface area contributed by atoms with E-state index >= 15 is 0 Å². The summed E-state index contributed by atoms with van der Waals surface area (Å²) in [4.78, 5) is 17.2. The number of nitrogens with one attached hydrogen (secondary N) is 1. The van der Waals surface area contributed by atoms with Crippen LogP contribution in [0.3, 0.4) is 0 Å². The number of hydrogen-bond donors (Lipinski definition) is 1. The first-order chi connectivity index (χ1) is 12.1. The maximum atomic E-state index is 12.6. The molecule has 2 aliphatic rings. The standard InChI is InChI=1S/C19H24N4O2/c1-12-16(5-6-17(22-12)13-3-4-13)19(24)20-9-14-7-8-25-18(14)15-10-21-23(2)11-15/h5-6,10-11,13-14,18H,3-4,7-9H2,1-2H3,(H,20,24)/t14-,18+/m0/s1.